The summed E-state index contributed by atoms with van der Waals surface area (Å²) in [5.41, 5.74) is 1.54. The average Bonchev–Trinajstić information content (AvgIpc) is 2.70. The second kappa shape index (κ2) is 9.13. The third-order valence-corrected chi connectivity index (χ3v) is 4.52. The van der Waals surface area contributed by atoms with Gasteiger partial charge < -0.3 is 19.1 Å². The molecule has 0 spiro atoms. The van der Waals surface area contributed by atoms with Crippen molar-refractivity contribution in [3.05, 3.63) is 53.6 Å². The van der Waals surface area contributed by atoms with Gasteiger partial charge in [-0.1, -0.05) is 37.3 Å². The lowest BCUT2D eigenvalue weighted by Gasteiger charge is -2.29. The molecular weight excluding hydrogens is 330 g/mol. The van der Waals surface area contributed by atoms with Crippen molar-refractivity contribution in [3.63, 3.8) is 0 Å². The predicted molar refractivity (Wildman–Crippen MR) is 102 cm³/mol. The molecule has 0 aliphatic carbocycles. The maximum absolute atomic E-state index is 13.3. The van der Waals surface area contributed by atoms with E-state index in [1.807, 2.05) is 42.2 Å². The minimum Gasteiger partial charge on any atom is -0.496 e. The molecule has 0 aromatic heterocycles. The van der Waals surface area contributed by atoms with Gasteiger partial charge in [-0.25, -0.2) is 0 Å². The van der Waals surface area contributed by atoms with E-state index in [1.54, 1.807) is 33.5 Å². The van der Waals surface area contributed by atoms with E-state index in [2.05, 4.69) is 6.92 Å². The maximum atomic E-state index is 13.3. The Kier molecular flexibility index (Phi) is 6.89. The second-order valence-electron chi connectivity index (χ2n) is 6.08. The number of ether oxygens (including phenoxy) is 3. The van der Waals surface area contributed by atoms with Gasteiger partial charge in [0.15, 0.2) is 11.5 Å². The van der Waals surface area contributed by atoms with E-state index in [9.17, 15) is 4.79 Å². The summed E-state index contributed by atoms with van der Waals surface area (Å²) in [6.45, 7) is 4.65. The molecule has 2 rings (SSSR count). The minimum atomic E-state index is -0.0963. The van der Waals surface area contributed by atoms with Crippen LogP contribution in [0.1, 0.15) is 36.2 Å². The molecule has 2 aromatic rings. The first kappa shape index (κ1) is 19.6. The molecule has 5 heteroatoms. The molecule has 1 atom stereocenters. The van der Waals surface area contributed by atoms with E-state index in [-0.39, 0.29) is 11.9 Å². The quantitative estimate of drug-likeness (QED) is 0.712. The summed E-state index contributed by atoms with van der Waals surface area (Å²) in [5.74, 6) is 1.40. The largest absolute Gasteiger partial charge is 0.496 e. The molecule has 1 unspecified atom stereocenters. The molecule has 26 heavy (non-hydrogen) atoms. The van der Waals surface area contributed by atoms with Crippen molar-refractivity contribution in [1.82, 2.24) is 4.90 Å². The van der Waals surface area contributed by atoms with Crippen LogP contribution in [0, 0.1) is 0 Å². The Morgan fingerprint density at radius 2 is 1.54 bits per heavy atom. The summed E-state index contributed by atoms with van der Waals surface area (Å²) < 4.78 is 16.1. The van der Waals surface area contributed by atoms with Gasteiger partial charge in [0.05, 0.1) is 26.9 Å². The van der Waals surface area contributed by atoms with Crippen molar-refractivity contribution in [2.45, 2.75) is 32.9 Å². The first-order valence-corrected chi connectivity index (χ1v) is 8.70. The third kappa shape index (κ3) is 4.28. The Morgan fingerprint density at radius 1 is 0.962 bits per heavy atom. The van der Waals surface area contributed by atoms with Crippen LogP contribution in [0.2, 0.25) is 0 Å². The molecule has 0 heterocycles. The highest BCUT2D eigenvalue weighted by molar-refractivity contribution is 5.98. The van der Waals surface area contributed by atoms with Crippen LogP contribution in [-0.4, -0.2) is 38.2 Å². The Labute approximate surface area is 155 Å². The zero-order chi connectivity index (χ0) is 19.1. The van der Waals surface area contributed by atoms with Crippen LogP contribution in [0.15, 0.2) is 42.5 Å². The van der Waals surface area contributed by atoms with Gasteiger partial charge in [-0.05, 0) is 18.9 Å². The van der Waals surface area contributed by atoms with E-state index in [0.717, 1.165) is 12.0 Å². The van der Waals surface area contributed by atoms with E-state index in [0.29, 0.717) is 29.4 Å². The average molecular weight is 357 g/mol. The van der Waals surface area contributed by atoms with Gasteiger partial charge in [0.2, 0.25) is 0 Å². The van der Waals surface area contributed by atoms with Gasteiger partial charge in [-0.2, -0.15) is 0 Å². The fraction of sp³-hybridized carbons (Fsp3) is 0.381. The smallest absolute Gasteiger partial charge is 0.258 e. The number of hydrogen-bond donors (Lipinski definition) is 0. The molecule has 140 valence electrons. The Morgan fingerprint density at radius 3 is 2.08 bits per heavy atom. The summed E-state index contributed by atoms with van der Waals surface area (Å²) >= 11 is 0. The number of nitrogens with zero attached hydrogens (tertiary/aromatic N) is 1. The maximum Gasteiger partial charge on any atom is 0.258 e. The van der Waals surface area contributed by atoms with Crippen LogP contribution in [0.5, 0.6) is 17.2 Å². The van der Waals surface area contributed by atoms with E-state index in [1.165, 1.54) is 0 Å². The van der Waals surface area contributed by atoms with Crippen molar-refractivity contribution in [2.75, 3.05) is 21.3 Å². The zero-order valence-corrected chi connectivity index (χ0v) is 16.1. The van der Waals surface area contributed by atoms with Gasteiger partial charge in [0, 0.05) is 24.7 Å². The van der Waals surface area contributed by atoms with Crippen LogP contribution in [0.4, 0.5) is 0 Å². The number of methoxy groups -OCH3 is 3. The highest BCUT2D eigenvalue weighted by atomic mass is 16.5. The molecule has 1 amide bonds. The van der Waals surface area contributed by atoms with Crippen LogP contribution in [-0.2, 0) is 6.54 Å². The van der Waals surface area contributed by atoms with Gasteiger partial charge in [-0.3, -0.25) is 4.79 Å². The molecule has 0 fully saturated rings. The second-order valence-corrected chi connectivity index (χ2v) is 6.08. The molecular formula is C21H27NO4. The summed E-state index contributed by atoms with van der Waals surface area (Å²) in [6, 6.07) is 13.4. The Bertz CT molecular complexity index is 730. The van der Waals surface area contributed by atoms with Crippen molar-refractivity contribution in [1.29, 1.82) is 0 Å². The van der Waals surface area contributed by atoms with Crippen molar-refractivity contribution >= 4 is 5.91 Å². The van der Waals surface area contributed by atoms with E-state index >= 15 is 0 Å². The van der Waals surface area contributed by atoms with Gasteiger partial charge in [0.25, 0.3) is 5.91 Å². The number of benzene rings is 2. The molecule has 0 N–H and O–H groups in total. The van der Waals surface area contributed by atoms with Gasteiger partial charge in [0.1, 0.15) is 5.75 Å². The predicted octanol–water partition coefficient (Wildman–Crippen LogP) is 4.15. The highest BCUT2D eigenvalue weighted by Gasteiger charge is 2.25. The SMILES string of the molecule is CCC(C)N(Cc1ccccc1)C(=O)c1cc(OC)c(OC)cc1OC. The first-order valence-electron chi connectivity index (χ1n) is 8.70. The lowest BCUT2D eigenvalue weighted by atomic mass is 10.1. The number of hydrogen-bond acceptors (Lipinski definition) is 4. The number of amides is 1. The monoisotopic (exact) mass is 357 g/mol. The van der Waals surface area contributed by atoms with E-state index in [4.69, 9.17) is 14.2 Å². The Balaban J connectivity index is 2.44. The zero-order valence-electron chi connectivity index (χ0n) is 16.1. The topological polar surface area (TPSA) is 48.0 Å². The number of rotatable bonds is 8. The lowest BCUT2D eigenvalue weighted by molar-refractivity contribution is 0.0667. The van der Waals surface area contributed by atoms with Crippen molar-refractivity contribution in [3.8, 4) is 17.2 Å². The van der Waals surface area contributed by atoms with Crippen molar-refractivity contribution < 1.29 is 19.0 Å². The van der Waals surface area contributed by atoms with Gasteiger partial charge >= 0.3 is 0 Å². The standard InChI is InChI=1S/C21H27NO4/c1-6-15(2)22(14-16-10-8-7-9-11-16)21(23)17-12-19(25-4)20(26-5)13-18(17)24-3/h7-13,15H,6,14H2,1-5H3. The van der Waals surface area contributed by atoms with Crippen LogP contribution < -0.4 is 14.2 Å². The summed E-state index contributed by atoms with van der Waals surface area (Å²) in [4.78, 5) is 15.2. The third-order valence-electron chi connectivity index (χ3n) is 4.52. The fourth-order valence-corrected chi connectivity index (χ4v) is 2.78. The van der Waals surface area contributed by atoms with Crippen molar-refractivity contribution in [2.24, 2.45) is 0 Å². The van der Waals surface area contributed by atoms with Crippen LogP contribution in [0.25, 0.3) is 0 Å². The Hall–Kier alpha value is -2.69. The number of carbonyl (C=O) groups excluding carboxylic acids is 1. The molecule has 0 aliphatic rings. The van der Waals surface area contributed by atoms with Crippen LogP contribution in [0.3, 0.4) is 0 Å². The van der Waals surface area contributed by atoms with Crippen LogP contribution >= 0.6 is 0 Å². The molecule has 0 radical (unpaired) electrons. The minimum absolute atomic E-state index is 0.0838. The first-order chi connectivity index (χ1) is 12.5. The molecule has 0 saturated heterocycles. The molecule has 5 nitrogen and oxygen atoms in total. The normalized spacial score (nSPS) is 11.6. The molecule has 0 saturated carbocycles. The summed E-state index contributed by atoms with van der Waals surface area (Å²) in [6.07, 6.45) is 0.855. The molecule has 0 aliphatic heterocycles. The fourth-order valence-electron chi connectivity index (χ4n) is 2.78. The highest BCUT2D eigenvalue weighted by Crippen LogP contribution is 2.35. The molecule has 0 bridgehead atoms. The molecule has 2 aromatic carbocycles. The summed E-state index contributed by atoms with van der Waals surface area (Å²) in [7, 11) is 4.65. The lowest BCUT2D eigenvalue weighted by Crippen LogP contribution is -2.38. The van der Waals surface area contributed by atoms with Gasteiger partial charge in [-0.15, -0.1) is 0 Å². The summed E-state index contributed by atoms with van der Waals surface area (Å²) in [5, 5.41) is 0. The number of carbonyl (C=O) groups is 1. The van der Waals surface area contributed by atoms with E-state index < -0.39 is 0 Å².